The molecule has 1 heterocycles. The lowest BCUT2D eigenvalue weighted by Crippen LogP contribution is -2.49. The van der Waals surface area contributed by atoms with Gasteiger partial charge in [-0.15, -0.1) is 0 Å². The van der Waals surface area contributed by atoms with Gasteiger partial charge in [-0.25, -0.2) is 0 Å². The highest BCUT2D eigenvalue weighted by molar-refractivity contribution is 5.83. The molecule has 5 nitrogen and oxygen atoms in total. The lowest BCUT2D eigenvalue weighted by Gasteiger charge is -2.36. The summed E-state index contributed by atoms with van der Waals surface area (Å²) in [4.78, 5) is 14.2. The number of anilines is 1. The number of rotatable bonds is 5. The fourth-order valence-corrected chi connectivity index (χ4v) is 3.66. The number of nitrogens with zero attached hydrogens (tertiary/aromatic N) is 1. The van der Waals surface area contributed by atoms with Crippen molar-refractivity contribution in [3.05, 3.63) is 24.3 Å². The quantitative estimate of drug-likeness (QED) is 0.900. The number of nitrogens with one attached hydrogen (secondary N) is 1. The normalized spacial score (nSPS) is 26.4. The Morgan fingerprint density at radius 2 is 2.12 bits per heavy atom. The topological polar surface area (TPSA) is 50.8 Å². The first-order valence-electron chi connectivity index (χ1n) is 9.03. The fourth-order valence-electron chi connectivity index (χ4n) is 3.66. The van der Waals surface area contributed by atoms with Crippen LogP contribution in [-0.2, 0) is 9.53 Å². The Hall–Kier alpha value is -1.75. The molecule has 0 unspecified atom stereocenters. The van der Waals surface area contributed by atoms with Crippen LogP contribution in [0.15, 0.2) is 24.3 Å². The van der Waals surface area contributed by atoms with Crippen molar-refractivity contribution in [2.45, 2.75) is 44.8 Å². The number of hydrogen-bond acceptors (Lipinski definition) is 4. The van der Waals surface area contributed by atoms with E-state index < -0.39 is 6.10 Å². The van der Waals surface area contributed by atoms with E-state index in [-0.39, 0.29) is 5.91 Å². The fraction of sp³-hybridized carbons (Fsp3) is 0.632. The molecule has 0 radical (unpaired) electrons. The van der Waals surface area contributed by atoms with Crippen LogP contribution in [0.1, 0.15) is 32.6 Å². The summed E-state index contributed by atoms with van der Waals surface area (Å²) >= 11 is 0. The van der Waals surface area contributed by atoms with Crippen molar-refractivity contribution in [3.8, 4) is 5.75 Å². The van der Waals surface area contributed by atoms with Crippen LogP contribution in [0.3, 0.4) is 0 Å². The van der Waals surface area contributed by atoms with Gasteiger partial charge in [0.15, 0.2) is 6.10 Å². The Morgan fingerprint density at radius 1 is 1.33 bits per heavy atom. The van der Waals surface area contributed by atoms with Crippen LogP contribution in [0.2, 0.25) is 0 Å². The van der Waals surface area contributed by atoms with Crippen LogP contribution < -0.4 is 15.0 Å². The lowest BCUT2D eigenvalue weighted by molar-refractivity contribution is -0.127. The molecule has 1 aliphatic heterocycles. The van der Waals surface area contributed by atoms with Gasteiger partial charge in [0, 0.05) is 13.6 Å². The third-order valence-corrected chi connectivity index (χ3v) is 5.13. The summed E-state index contributed by atoms with van der Waals surface area (Å²) in [5.41, 5.74) is 1.04. The third-order valence-electron chi connectivity index (χ3n) is 5.13. The van der Waals surface area contributed by atoms with Gasteiger partial charge >= 0.3 is 0 Å². The molecule has 1 aromatic rings. The molecule has 132 valence electrons. The number of amides is 1. The molecule has 0 spiro atoms. The number of carbonyl (C=O) groups excluding carboxylic acids is 1. The van der Waals surface area contributed by atoms with Crippen molar-refractivity contribution in [1.82, 2.24) is 5.32 Å². The van der Waals surface area contributed by atoms with Crippen LogP contribution in [-0.4, -0.2) is 44.9 Å². The number of para-hydroxylation sites is 2. The van der Waals surface area contributed by atoms with Crippen LogP contribution in [0.5, 0.6) is 5.75 Å². The van der Waals surface area contributed by atoms with Crippen molar-refractivity contribution in [3.63, 3.8) is 0 Å². The highest BCUT2D eigenvalue weighted by Crippen LogP contribution is 2.33. The molecule has 3 rings (SSSR count). The minimum atomic E-state index is -0.474. The summed E-state index contributed by atoms with van der Waals surface area (Å²) in [6, 6.07) is 7.89. The van der Waals surface area contributed by atoms with E-state index in [9.17, 15) is 4.79 Å². The zero-order chi connectivity index (χ0) is 16.9. The number of carbonyl (C=O) groups is 1. The molecule has 1 aromatic carbocycles. The van der Waals surface area contributed by atoms with E-state index in [4.69, 9.17) is 9.47 Å². The average molecular weight is 332 g/mol. The summed E-state index contributed by atoms with van der Waals surface area (Å²) in [7, 11) is 1.64. The van der Waals surface area contributed by atoms with E-state index in [2.05, 4.69) is 17.1 Å². The second-order valence-corrected chi connectivity index (χ2v) is 6.81. The lowest BCUT2D eigenvalue weighted by atomic mass is 9.88. The van der Waals surface area contributed by atoms with Crippen molar-refractivity contribution < 1.29 is 14.3 Å². The largest absolute Gasteiger partial charge is 0.477 e. The van der Waals surface area contributed by atoms with Crippen LogP contribution in [0.4, 0.5) is 5.69 Å². The minimum Gasteiger partial charge on any atom is -0.477 e. The molecule has 0 aromatic heterocycles. The van der Waals surface area contributed by atoms with Crippen molar-refractivity contribution in [2.75, 3.05) is 31.6 Å². The first-order valence-corrected chi connectivity index (χ1v) is 9.03. The molecule has 1 aliphatic carbocycles. The molecule has 3 atom stereocenters. The van der Waals surface area contributed by atoms with Crippen LogP contribution in [0, 0.1) is 5.92 Å². The number of likely N-dealkylation sites (N-methyl/N-ethyl adjacent to an activating group) is 1. The summed E-state index contributed by atoms with van der Waals surface area (Å²) in [6.07, 6.45) is 4.94. The molecular weight excluding hydrogens is 304 g/mol. The summed E-state index contributed by atoms with van der Waals surface area (Å²) < 4.78 is 12.0. The molecule has 5 heteroatoms. The number of benzene rings is 1. The van der Waals surface area contributed by atoms with Crippen molar-refractivity contribution in [2.24, 2.45) is 5.92 Å². The highest BCUT2D eigenvalue weighted by Gasteiger charge is 2.30. The van der Waals surface area contributed by atoms with Gasteiger partial charge in [-0.05, 0) is 30.9 Å². The smallest absolute Gasteiger partial charge is 0.262 e. The predicted molar refractivity (Wildman–Crippen MR) is 94.5 cm³/mol. The predicted octanol–water partition coefficient (Wildman–Crippen LogP) is 2.60. The number of ether oxygens (including phenoxy) is 2. The summed E-state index contributed by atoms with van der Waals surface area (Å²) in [5.74, 6) is 1.33. The van der Waals surface area contributed by atoms with Crippen LogP contribution in [0.25, 0.3) is 0 Å². The maximum Gasteiger partial charge on any atom is 0.262 e. The van der Waals surface area contributed by atoms with E-state index >= 15 is 0 Å². The second-order valence-electron chi connectivity index (χ2n) is 6.81. The molecule has 1 N–H and O–H groups in total. The first kappa shape index (κ1) is 17.1. The Kier molecular flexibility index (Phi) is 5.61. The molecule has 0 saturated heterocycles. The zero-order valence-corrected chi connectivity index (χ0v) is 14.7. The van der Waals surface area contributed by atoms with Crippen molar-refractivity contribution in [1.29, 1.82) is 0 Å². The van der Waals surface area contributed by atoms with E-state index in [0.717, 1.165) is 18.0 Å². The SMILES string of the molecule is CNC(=O)[C@@H]1CN(CCO[C@H]2CCCC[C@H]2C)c2ccccc2O1. The van der Waals surface area contributed by atoms with Gasteiger partial charge in [0.1, 0.15) is 5.75 Å². The maximum atomic E-state index is 12.0. The molecule has 24 heavy (non-hydrogen) atoms. The van der Waals surface area contributed by atoms with E-state index in [1.807, 2.05) is 24.3 Å². The Bertz CT molecular complexity index is 563. The van der Waals surface area contributed by atoms with Gasteiger partial charge in [-0.2, -0.15) is 0 Å². The summed E-state index contributed by atoms with van der Waals surface area (Å²) in [6.45, 7) is 4.30. The van der Waals surface area contributed by atoms with Gasteiger partial charge in [0.05, 0.1) is 24.9 Å². The Balaban J connectivity index is 1.61. The van der Waals surface area contributed by atoms with Crippen molar-refractivity contribution >= 4 is 11.6 Å². The van der Waals surface area contributed by atoms with Gasteiger partial charge < -0.3 is 19.7 Å². The van der Waals surface area contributed by atoms with Gasteiger partial charge in [-0.3, -0.25) is 4.79 Å². The van der Waals surface area contributed by atoms with E-state index in [0.29, 0.717) is 25.2 Å². The maximum absolute atomic E-state index is 12.0. The first-order chi connectivity index (χ1) is 11.7. The third kappa shape index (κ3) is 3.83. The standard InChI is InChI=1S/C19H28N2O3/c1-14-7-3-5-9-16(14)23-12-11-21-13-18(19(22)20-2)24-17-10-6-4-8-15(17)21/h4,6,8,10,14,16,18H,3,5,7,9,11-13H2,1-2H3,(H,20,22)/t14-,16+,18+/m1/s1. The van der Waals surface area contributed by atoms with E-state index in [1.54, 1.807) is 7.05 Å². The highest BCUT2D eigenvalue weighted by atomic mass is 16.5. The van der Waals surface area contributed by atoms with Gasteiger partial charge in [-0.1, -0.05) is 31.9 Å². The molecule has 0 bridgehead atoms. The number of fused-ring (bicyclic) bond motifs is 1. The number of hydrogen-bond donors (Lipinski definition) is 1. The molecule has 1 amide bonds. The van der Waals surface area contributed by atoms with Gasteiger partial charge in [0.2, 0.25) is 0 Å². The average Bonchev–Trinajstić information content (AvgIpc) is 2.62. The second kappa shape index (κ2) is 7.88. The Morgan fingerprint density at radius 3 is 2.92 bits per heavy atom. The Labute approximate surface area is 144 Å². The molecule has 1 fully saturated rings. The zero-order valence-electron chi connectivity index (χ0n) is 14.7. The summed E-state index contributed by atoms with van der Waals surface area (Å²) in [5, 5.41) is 2.68. The molecule has 1 saturated carbocycles. The van der Waals surface area contributed by atoms with Gasteiger partial charge in [0.25, 0.3) is 5.91 Å². The van der Waals surface area contributed by atoms with Crippen LogP contribution >= 0.6 is 0 Å². The monoisotopic (exact) mass is 332 g/mol. The molecular formula is C19H28N2O3. The molecule has 2 aliphatic rings. The minimum absolute atomic E-state index is 0.0867. The van der Waals surface area contributed by atoms with E-state index in [1.165, 1.54) is 25.7 Å².